The first-order valence-electron chi connectivity index (χ1n) is 6.00. The molecule has 0 unspecified atom stereocenters. The Balaban J connectivity index is 2.49. The predicted octanol–water partition coefficient (Wildman–Crippen LogP) is 2.80. The van der Waals surface area contributed by atoms with Crippen LogP contribution < -0.4 is 0 Å². The van der Waals surface area contributed by atoms with Crippen LogP contribution in [0.4, 0.5) is 4.79 Å². The largest absolute Gasteiger partial charge is 0.508 e. The number of phenols is 1. The summed E-state index contributed by atoms with van der Waals surface area (Å²) < 4.78 is 5.24. The fourth-order valence-electron chi connectivity index (χ4n) is 1.44. The van der Waals surface area contributed by atoms with E-state index in [9.17, 15) is 9.90 Å². The van der Waals surface area contributed by atoms with Gasteiger partial charge < -0.3 is 14.7 Å². The highest BCUT2D eigenvalue weighted by atomic mass is 16.6. The molecule has 0 saturated heterocycles. The number of phenolic OH excluding ortho intramolecular Hbond substituents is 1. The zero-order chi connectivity index (χ0) is 13.8. The van der Waals surface area contributed by atoms with Crippen molar-refractivity contribution >= 4 is 6.09 Å². The number of nitrogens with zero attached hydrogens (tertiary/aromatic N) is 1. The van der Waals surface area contributed by atoms with Crippen molar-refractivity contribution in [2.24, 2.45) is 0 Å². The maximum absolute atomic E-state index is 11.7. The molecule has 1 N–H and O–H groups in total. The van der Waals surface area contributed by atoms with E-state index in [4.69, 9.17) is 4.74 Å². The average Bonchev–Trinajstić information content (AvgIpc) is 2.25. The molecule has 0 bridgehead atoms. The van der Waals surface area contributed by atoms with Gasteiger partial charge in [-0.05, 0) is 38.8 Å². The maximum atomic E-state index is 11.7. The monoisotopic (exact) mass is 251 g/mol. The molecular weight excluding hydrogens is 230 g/mol. The molecule has 1 amide bonds. The van der Waals surface area contributed by atoms with Crippen molar-refractivity contribution in [2.45, 2.75) is 32.8 Å². The number of rotatable bonds is 3. The first-order valence-corrected chi connectivity index (χ1v) is 6.00. The molecule has 0 heterocycles. The first-order chi connectivity index (χ1) is 8.29. The Labute approximate surface area is 108 Å². The predicted molar refractivity (Wildman–Crippen MR) is 70.7 cm³/mol. The number of ether oxygens (including phenoxy) is 1. The molecule has 4 heteroatoms. The number of benzene rings is 1. The topological polar surface area (TPSA) is 49.8 Å². The van der Waals surface area contributed by atoms with Crippen LogP contribution >= 0.6 is 0 Å². The van der Waals surface area contributed by atoms with E-state index in [1.165, 1.54) is 4.90 Å². The smallest absolute Gasteiger partial charge is 0.410 e. The molecule has 1 aromatic rings. The lowest BCUT2D eigenvalue weighted by atomic mass is 10.1. The number of carbonyl (C=O) groups excluding carboxylic acids is 1. The molecule has 18 heavy (non-hydrogen) atoms. The molecule has 0 aliphatic rings. The van der Waals surface area contributed by atoms with Gasteiger partial charge in [-0.1, -0.05) is 18.2 Å². The van der Waals surface area contributed by atoms with Gasteiger partial charge in [0.1, 0.15) is 11.4 Å². The van der Waals surface area contributed by atoms with Crippen molar-refractivity contribution in [3.8, 4) is 5.75 Å². The van der Waals surface area contributed by atoms with E-state index in [-0.39, 0.29) is 11.8 Å². The van der Waals surface area contributed by atoms with Crippen LogP contribution in [0.2, 0.25) is 0 Å². The van der Waals surface area contributed by atoms with Crippen molar-refractivity contribution in [1.82, 2.24) is 4.90 Å². The fraction of sp³-hybridized carbons (Fsp3) is 0.500. The Kier molecular flexibility index (Phi) is 4.59. The standard InChI is InChI=1S/C14H21NO3/c1-14(2,3)18-13(17)15(4)10-9-11-7-5-6-8-12(11)16/h5-8,16H,9-10H2,1-4H3. The van der Waals surface area contributed by atoms with E-state index in [0.717, 1.165) is 5.56 Å². The van der Waals surface area contributed by atoms with Crippen molar-refractivity contribution in [3.63, 3.8) is 0 Å². The highest BCUT2D eigenvalue weighted by Crippen LogP contribution is 2.16. The quantitative estimate of drug-likeness (QED) is 0.898. The van der Waals surface area contributed by atoms with Gasteiger partial charge in [0, 0.05) is 13.6 Å². The first kappa shape index (κ1) is 14.4. The van der Waals surface area contributed by atoms with Gasteiger partial charge in [-0.2, -0.15) is 0 Å². The van der Waals surface area contributed by atoms with Gasteiger partial charge in [0.2, 0.25) is 0 Å². The Morgan fingerprint density at radius 1 is 1.33 bits per heavy atom. The number of amides is 1. The van der Waals surface area contributed by atoms with Crippen LogP contribution in [-0.2, 0) is 11.2 Å². The van der Waals surface area contributed by atoms with E-state index in [1.807, 2.05) is 32.9 Å². The molecule has 1 rings (SSSR count). The highest BCUT2D eigenvalue weighted by Gasteiger charge is 2.19. The van der Waals surface area contributed by atoms with Gasteiger partial charge in [-0.25, -0.2) is 4.79 Å². The van der Waals surface area contributed by atoms with Crippen LogP contribution in [-0.4, -0.2) is 35.3 Å². The summed E-state index contributed by atoms with van der Waals surface area (Å²) in [6.07, 6.45) is 0.250. The third-order valence-electron chi connectivity index (χ3n) is 2.41. The Morgan fingerprint density at radius 3 is 2.50 bits per heavy atom. The van der Waals surface area contributed by atoms with Crippen molar-refractivity contribution in [3.05, 3.63) is 29.8 Å². The fourth-order valence-corrected chi connectivity index (χ4v) is 1.44. The van der Waals surface area contributed by atoms with E-state index in [2.05, 4.69) is 0 Å². The zero-order valence-electron chi connectivity index (χ0n) is 11.4. The van der Waals surface area contributed by atoms with Crippen molar-refractivity contribution in [1.29, 1.82) is 0 Å². The summed E-state index contributed by atoms with van der Waals surface area (Å²) in [6, 6.07) is 7.13. The molecule has 0 spiro atoms. The normalized spacial score (nSPS) is 11.1. The number of hydrogen-bond donors (Lipinski definition) is 1. The lowest BCUT2D eigenvalue weighted by Gasteiger charge is -2.24. The third kappa shape index (κ3) is 4.65. The van der Waals surface area contributed by atoms with Crippen molar-refractivity contribution < 1.29 is 14.6 Å². The summed E-state index contributed by atoms with van der Waals surface area (Å²) in [7, 11) is 1.69. The molecule has 0 radical (unpaired) electrons. The Morgan fingerprint density at radius 2 is 1.94 bits per heavy atom. The van der Waals surface area contributed by atoms with Crippen LogP contribution in [0.1, 0.15) is 26.3 Å². The van der Waals surface area contributed by atoms with Gasteiger partial charge >= 0.3 is 6.09 Å². The summed E-state index contributed by atoms with van der Waals surface area (Å²) in [5.41, 5.74) is 0.341. The van der Waals surface area contributed by atoms with E-state index < -0.39 is 5.60 Å². The van der Waals surface area contributed by atoms with Crippen LogP contribution in [0.3, 0.4) is 0 Å². The van der Waals surface area contributed by atoms with E-state index in [0.29, 0.717) is 13.0 Å². The summed E-state index contributed by atoms with van der Waals surface area (Å²) in [4.78, 5) is 13.2. The van der Waals surface area contributed by atoms with Crippen LogP contribution in [0.25, 0.3) is 0 Å². The summed E-state index contributed by atoms with van der Waals surface area (Å²) in [6.45, 7) is 6.01. The van der Waals surface area contributed by atoms with Gasteiger partial charge in [0.25, 0.3) is 0 Å². The minimum absolute atomic E-state index is 0.259. The lowest BCUT2D eigenvalue weighted by Crippen LogP contribution is -2.35. The molecule has 0 saturated carbocycles. The number of hydrogen-bond acceptors (Lipinski definition) is 3. The second-order valence-electron chi connectivity index (χ2n) is 5.28. The van der Waals surface area contributed by atoms with Crippen LogP contribution in [0, 0.1) is 0 Å². The molecule has 0 aliphatic heterocycles. The second-order valence-corrected chi connectivity index (χ2v) is 5.28. The number of likely N-dealkylation sites (N-methyl/N-ethyl adjacent to an activating group) is 1. The number of aromatic hydroxyl groups is 1. The summed E-state index contributed by atoms with van der Waals surface area (Å²) in [5.74, 6) is 0.259. The Hall–Kier alpha value is -1.71. The van der Waals surface area contributed by atoms with E-state index in [1.54, 1.807) is 19.2 Å². The summed E-state index contributed by atoms with van der Waals surface area (Å²) in [5, 5.41) is 9.61. The van der Waals surface area contributed by atoms with Crippen molar-refractivity contribution in [2.75, 3.05) is 13.6 Å². The van der Waals surface area contributed by atoms with E-state index >= 15 is 0 Å². The van der Waals surface area contributed by atoms with Gasteiger partial charge in [-0.15, -0.1) is 0 Å². The number of para-hydroxylation sites is 1. The molecule has 4 nitrogen and oxygen atoms in total. The third-order valence-corrected chi connectivity index (χ3v) is 2.41. The van der Waals surface area contributed by atoms with Crippen LogP contribution in [0.5, 0.6) is 5.75 Å². The minimum atomic E-state index is -0.486. The zero-order valence-corrected chi connectivity index (χ0v) is 11.4. The minimum Gasteiger partial charge on any atom is -0.508 e. The second kappa shape index (κ2) is 5.76. The molecule has 0 aromatic heterocycles. The maximum Gasteiger partial charge on any atom is 0.410 e. The van der Waals surface area contributed by atoms with Gasteiger partial charge in [-0.3, -0.25) is 0 Å². The molecule has 0 aliphatic carbocycles. The molecule has 100 valence electrons. The van der Waals surface area contributed by atoms with Crippen LogP contribution in [0.15, 0.2) is 24.3 Å². The summed E-state index contributed by atoms with van der Waals surface area (Å²) >= 11 is 0. The highest BCUT2D eigenvalue weighted by molar-refractivity contribution is 5.67. The number of carbonyl (C=O) groups is 1. The van der Waals surface area contributed by atoms with Gasteiger partial charge in [0.15, 0.2) is 0 Å². The molecule has 1 aromatic carbocycles. The van der Waals surface area contributed by atoms with Gasteiger partial charge in [0.05, 0.1) is 0 Å². The molecular formula is C14H21NO3. The molecule has 0 atom stereocenters. The Bertz CT molecular complexity index is 410. The lowest BCUT2D eigenvalue weighted by molar-refractivity contribution is 0.0300. The SMILES string of the molecule is CN(CCc1ccccc1O)C(=O)OC(C)(C)C. The average molecular weight is 251 g/mol. The molecule has 0 fully saturated rings.